The van der Waals surface area contributed by atoms with Crippen molar-refractivity contribution in [1.82, 2.24) is 10.6 Å². The third-order valence-corrected chi connectivity index (χ3v) is 3.42. The monoisotopic (exact) mass is 306 g/mol. The van der Waals surface area contributed by atoms with E-state index < -0.39 is 6.09 Å². The number of benzene rings is 1. The molecule has 1 aromatic carbocycles. The molecule has 1 aromatic rings. The van der Waals surface area contributed by atoms with Gasteiger partial charge in [0, 0.05) is 13.2 Å². The van der Waals surface area contributed by atoms with Crippen LogP contribution in [0.3, 0.4) is 0 Å². The van der Waals surface area contributed by atoms with Gasteiger partial charge < -0.3 is 20.1 Å². The number of hydrogen-bond acceptors (Lipinski definition) is 4. The van der Waals surface area contributed by atoms with E-state index in [1.54, 1.807) is 0 Å². The van der Waals surface area contributed by atoms with Crippen LogP contribution in [0, 0.1) is 0 Å². The van der Waals surface area contributed by atoms with Gasteiger partial charge in [0.2, 0.25) is 5.91 Å². The van der Waals surface area contributed by atoms with Crippen LogP contribution in [0.15, 0.2) is 30.3 Å². The van der Waals surface area contributed by atoms with Crippen molar-refractivity contribution in [2.45, 2.75) is 32.0 Å². The summed E-state index contributed by atoms with van der Waals surface area (Å²) < 4.78 is 10.5. The summed E-state index contributed by atoms with van der Waals surface area (Å²) >= 11 is 0. The summed E-state index contributed by atoms with van der Waals surface area (Å²) in [6.07, 6.45) is 2.61. The molecular weight excluding hydrogens is 284 g/mol. The average molecular weight is 306 g/mol. The Labute approximate surface area is 130 Å². The van der Waals surface area contributed by atoms with E-state index in [1.807, 2.05) is 30.3 Å². The van der Waals surface area contributed by atoms with Crippen molar-refractivity contribution in [3.05, 3.63) is 35.9 Å². The Balaban J connectivity index is 1.52. The molecular formula is C16H22N2O4. The van der Waals surface area contributed by atoms with E-state index >= 15 is 0 Å². The topological polar surface area (TPSA) is 76.7 Å². The maximum Gasteiger partial charge on any atom is 0.407 e. The Morgan fingerprint density at radius 1 is 1.23 bits per heavy atom. The molecule has 1 atom stereocenters. The number of rotatable bonds is 7. The molecule has 0 bridgehead atoms. The first-order chi connectivity index (χ1) is 10.7. The highest BCUT2D eigenvalue weighted by atomic mass is 16.5. The van der Waals surface area contributed by atoms with Gasteiger partial charge in [0.25, 0.3) is 0 Å². The summed E-state index contributed by atoms with van der Waals surface area (Å²) in [6, 6.07) is 9.37. The van der Waals surface area contributed by atoms with Gasteiger partial charge in [0.15, 0.2) is 0 Å². The first kappa shape index (κ1) is 16.3. The summed E-state index contributed by atoms with van der Waals surface area (Å²) in [5.74, 6) is -0.227. The Bertz CT molecular complexity index is 472. The van der Waals surface area contributed by atoms with Gasteiger partial charge in [-0.15, -0.1) is 0 Å². The number of alkyl carbamates (subject to hydrolysis) is 1. The molecule has 6 nitrogen and oxygen atoms in total. The van der Waals surface area contributed by atoms with Crippen molar-refractivity contribution < 1.29 is 19.1 Å². The molecule has 0 aromatic heterocycles. The largest absolute Gasteiger partial charge is 0.445 e. The standard InChI is InChI=1S/C16H22N2O4/c19-15(17-9-8-14-7-4-10-21-14)11-18-16(20)22-12-13-5-2-1-3-6-13/h1-3,5-6,14H,4,7-12H2,(H,17,19)(H,18,20). The van der Waals surface area contributed by atoms with Crippen molar-refractivity contribution in [3.8, 4) is 0 Å². The zero-order valence-corrected chi connectivity index (χ0v) is 12.5. The minimum absolute atomic E-state index is 0.0842. The van der Waals surface area contributed by atoms with E-state index in [4.69, 9.17) is 9.47 Å². The molecule has 22 heavy (non-hydrogen) atoms. The van der Waals surface area contributed by atoms with Crippen LogP contribution >= 0.6 is 0 Å². The van der Waals surface area contributed by atoms with Crippen molar-refractivity contribution in [2.75, 3.05) is 19.7 Å². The van der Waals surface area contributed by atoms with Gasteiger partial charge >= 0.3 is 6.09 Å². The van der Waals surface area contributed by atoms with E-state index in [2.05, 4.69) is 10.6 Å². The van der Waals surface area contributed by atoms with Crippen LogP contribution in [0.2, 0.25) is 0 Å². The van der Waals surface area contributed by atoms with Crippen molar-refractivity contribution in [3.63, 3.8) is 0 Å². The van der Waals surface area contributed by atoms with E-state index in [0.717, 1.165) is 31.4 Å². The van der Waals surface area contributed by atoms with Crippen LogP contribution in [-0.4, -0.2) is 37.8 Å². The highest BCUT2D eigenvalue weighted by Gasteiger charge is 2.15. The molecule has 0 aliphatic carbocycles. The quantitative estimate of drug-likeness (QED) is 0.802. The Morgan fingerprint density at radius 3 is 2.77 bits per heavy atom. The minimum atomic E-state index is -0.599. The predicted molar refractivity (Wildman–Crippen MR) is 81.2 cm³/mol. The third-order valence-electron chi connectivity index (χ3n) is 3.42. The maximum absolute atomic E-state index is 11.6. The fraction of sp³-hybridized carbons (Fsp3) is 0.500. The van der Waals surface area contributed by atoms with Crippen LogP contribution in [0.1, 0.15) is 24.8 Å². The Hall–Kier alpha value is -2.08. The highest BCUT2D eigenvalue weighted by molar-refractivity contribution is 5.82. The molecule has 0 spiro atoms. The molecule has 1 aliphatic rings. The van der Waals surface area contributed by atoms with Crippen LogP contribution < -0.4 is 10.6 Å². The van der Waals surface area contributed by atoms with Gasteiger partial charge in [-0.2, -0.15) is 0 Å². The lowest BCUT2D eigenvalue weighted by Crippen LogP contribution is -2.38. The molecule has 2 N–H and O–H groups in total. The number of carbonyl (C=O) groups excluding carboxylic acids is 2. The van der Waals surface area contributed by atoms with Crippen LogP contribution in [0.5, 0.6) is 0 Å². The van der Waals surface area contributed by atoms with E-state index in [9.17, 15) is 9.59 Å². The Kier molecular flexibility index (Phi) is 6.70. The molecule has 2 rings (SSSR count). The van der Waals surface area contributed by atoms with Crippen molar-refractivity contribution in [1.29, 1.82) is 0 Å². The summed E-state index contributed by atoms with van der Waals surface area (Å²) in [5.41, 5.74) is 0.902. The van der Waals surface area contributed by atoms with E-state index in [0.29, 0.717) is 6.54 Å². The number of hydrogen-bond donors (Lipinski definition) is 2. The average Bonchev–Trinajstić information content (AvgIpc) is 3.05. The fourth-order valence-corrected chi connectivity index (χ4v) is 2.23. The van der Waals surface area contributed by atoms with Gasteiger partial charge in [-0.1, -0.05) is 30.3 Å². The van der Waals surface area contributed by atoms with Crippen molar-refractivity contribution >= 4 is 12.0 Å². The second-order valence-corrected chi connectivity index (χ2v) is 5.19. The molecule has 6 heteroatoms. The summed E-state index contributed by atoms with van der Waals surface area (Å²) in [7, 11) is 0. The lowest BCUT2D eigenvalue weighted by atomic mass is 10.2. The molecule has 1 fully saturated rings. The third kappa shape index (κ3) is 6.13. The highest BCUT2D eigenvalue weighted by Crippen LogP contribution is 2.14. The predicted octanol–water partition coefficient (Wildman–Crippen LogP) is 1.60. The molecule has 2 amide bonds. The lowest BCUT2D eigenvalue weighted by Gasteiger charge is -2.10. The smallest absolute Gasteiger partial charge is 0.407 e. The number of amides is 2. The maximum atomic E-state index is 11.6. The second-order valence-electron chi connectivity index (χ2n) is 5.19. The normalized spacial score (nSPS) is 17.0. The van der Waals surface area contributed by atoms with Gasteiger partial charge in [-0.05, 0) is 24.8 Å². The summed E-state index contributed by atoms with van der Waals surface area (Å²) in [5, 5.41) is 5.18. The molecule has 120 valence electrons. The molecule has 1 heterocycles. The first-order valence-electron chi connectivity index (χ1n) is 7.57. The summed E-state index contributed by atoms with van der Waals surface area (Å²) in [4.78, 5) is 23.0. The summed E-state index contributed by atoms with van der Waals surface area (Å²) in [6.45, 7) is 1.48. The van der Waals surface area contributed by atoms with Gasteiger partial charge in [-0.3, -0.25) is 4.79 Å². The number of carbonyl (C=O) groups is 2. The van der Waals surface area contributed by atoms with Gasteiger partial charge in [0.05, 0.1) is 12.6 Å². The SMILES string of the molecule is O=C(CNC(=O)OCc1ccccc1)NCCC1CCCO1. The minimum Gasteiger partial charge on any atom is -0.445 e. The molecule has 1 aliphatic heterocycles. The van der Waals surface area contributed by atoms with Gasteiger partial charge in [0.1, 0.15) is 6.61 Å². The van der Waals surface area contributed by atoms with Crippen LogP contribution in [0.4, 0.5) is 4.79 Å². The zero-order valence-electron chi connectivity index (χ0n) is 12.5. The van der Waals surface area contributed by atoms with Crippen molar-refractivity contribution in [2.24, 2.45) is 0 Å². The number of nitrogens with one attached hydrogen (secondary N) is 2. The molecule has 1 saturated heterocycles. The zero-order chi connectivity index (χ0) is 15.6. The second kappa shape index (κ2) is 9.04. The molecule has 0 saturated carbocycles. The van der Waals surface area contributed by atoms with Crippen LogP contribution in [0.25, 0.3) is 0 Å². The molecule has 1 unspecified atom stereocenters. The fourth-order valence-electron chi connectivity index (χ4n) is 2.23. The molecule has 0 radical (unpaired) electrons. The number of ether oxygens (including phenoxy) is 2. The van der Waals surface area contributed by atoms with Gasteiger partial charge in [-0.25, -0.2) is 4.79 Å². The van der Waals surface area contributed by atoms with Crippen LogP contribution in [-0.2, 0) is 20.9 Å². The van der Waals surface area contributed by atoms with E-state index in [-0.39, 0.29) is 25.2 Å². The Morgan fingerprint density at radius 2 is 2.05 bits per heavy atom. The van der Waals surface area contributed by atoms with E-state index in [1.165, 1.54) is 0 Å². The lowest BCUT2D eigenvalue weighted by molar-refractivity contribution is -0.120. The first-order valence-corrected chi connectivity index (χ1v) is 7.57.